The summed E-state index contributed by atoms with van der Waals surface area (Å²) in [7, 11) is 0. The Kier molecular flexibility index (Phi) is 4.60. The topological polar surface area (TPSA) is 30.0 Å². The molecule has 1 rings (SSSR count). The molecule has 0 fully saturated rings. The van der Waals surface area contributed by atoms with Crippen LogP contribution in [0.5, 0.6) is 0 Å². The van der Waals surface area contributed by atoms with Crippen LogP contribution in [0.4, 0.5) is 4.39 Å². The van der Waals surface area contributed by atoms with E-state index < -0.39 is 5.95 Å². The summed E-state index contributed by atoms with van der Waals surface area (Å²) in [5.74, 6) is 4.90. The lowest BCUT2D eigenvalue weighted by atomic mass is 10.3. The van der Waals surface area contributed by atoms with Gasteiger partial charge in [-0.15, -0.1) is 0 Å². The van der Waals surface area contributed by atoms with Crippen molar-refractivity contribution < 1.29 is 9.18 Å². The average molecular weight is 244 g/mol. The van der Waals surface area contributed by atoms with Crippen molar-refractivity contribution in [2.45, 2.75) is 6.92 Å². The molecular weight excluding hydrogens is 237 g/mol. The van der Waals surface area contributed by atoms with Crippen molar-refractivity contribution >= 4 is 28.5 Å². The Balaban J connectivity index is 2.71. The lowest BCUT2D eigenvalue weighted by Crippen LogP contribution is -1.88. The number of carbonyl (C=O) groups excluding carboxylic acids is 1. The summed E-state index contributed by atoms with van der Waals surface area (Å²) in [6.45, 7) is 1.45. The van der Waals surface area contributed by atoms with E-state index in [0.717, 1.165) is 11.8 Å². The largest absolute Gasteiger partial charge is 0.288 e. The van der Waals surface area contributed by atoms with Gasteiger partial charge in [0, 0.05) is 13.1 Å². The Labute approximate surface area is 96.2 Å². The van der Waals surface area contributed by atoms with Gasteiger partial charge in [0.05, 0.1) is 16.3 Å². The zero-order valence-electron chi connectivity index (χ0n) is 7.88. The van der Waals surface area contributed by atoms with Gasteiger partial charge < -0.3 is 0 Å². The highest BCUT2D eigenvalue weighted by Crippen LogP contribution is 2.10. The second kappa shape index (κ2) is 5.74. The first-order valence-corrected chi connectivity index (χ1v) is 5.39. The number of thioether (sulfide) groups is 1. The Morgan fingerprint density at radius 3 is 3.13 bits per heavy atom. The molecule has 78 valence electrons. The van der Waals surface area contributed by atoms with Crippen molar-refractivity contribution in [1.82, 2.24) is 4.98 Å². The summed E-state index contributed by atoms with van der Waals surface area (Å²) >= 11 is 6.70. The molecule has 0 N–H and O–H groups in total. The molecule has 0 atom stereocenters. The van der Waals surface area contributed by atoms with E-state index in [1.165, 1.54) is 19.2 Å². The lowest BCUT2D eigenvalue weighted by molar-refractivity contribution is -0.109. The van der Waals surface area contributed by atoms with Crippen LogP contribution in [-0.4, -0.2) is 15.9 Å². The minimum atomic E-state index is -0.653. The number of carbonyl (C=O) groups is 1. The second-order valence-electron chi connectivity index (χ2n) is 2.57. The first-order valence-electron chi connectivity index (χ1n) is 4.03. The molecule has 15 heavy (non-hydrogen) atoms. The molecule has 2 nitrogen and oxygen atoms in total. The molecule has 0 aliphatic carbocycles. The summed E-state index contributed by atoms with van der Waals surface area (Å²) in [6.07, 6.45) is 1.21. The highest BCUT2D eigenvalue weighted by atomic mass is 35.5. The van der Waals surface area contributed by atoms with E-state index >= 15 is 0 Å². The van der Waals surface area contributed by atoms with Crippen molar-refractivity contribution in [1.29, 1.82) is 0 Å². The van der Waals surface area contributed by atoms with E-state index in [4.69, 9.17) is 11.6 Å². The number of hydrogen-bond acceptors (Lipinski definition) is 3. The standard InChI is InChI=1S/C10H7ClFNOS/c1-7(14)15-4-2-3-8-5-9(11)6-13-10(8)12/h5-6H,4H2,1H3. The number of pyridine rings is 1. The normalized spacial score (nSPS) is 9.27. The second-order valence-corrected chi connectivity index (χ2v) is 4.16. The van der Waals surface area contributed by atoms with Gasteiger partial charge in [0.15, 0.2) is 5.12 Å². The van der Waals surface area contributed by atoms with Gasteiger partial charge in [-0.1, -0.05) is 35.2 Å². The molecule has 0 unspecified atom stereocenters. The van der Waals surface area contributed by atoms with Crippen molar-refractivity contribution in [3.05, 3.63) is 28.8 Å². The predicted octanol–water partition coefficient (Wildman–Crippen LogP) is 2.51. The van der Waals surface area contributed by atoms with E-state index in [1.54, 1.807) is 0 Å². The number of halogens is 2. The molecule has 0 amide bonds. The molecule has 0 saturated heterocycles. The quantitative estimate of drug-likeness (QED) is 0.561. The molecule has 0 saturated carbocycles. The third kappa shape index (κ3) is 4.32. The van der Waals surface area contributed by atoms with E-state index in [2.05, 4.69) is 16.8 Å². The molecule has 0 spiro atoms. The van der Waals surface area contributed by atoms with Crippen molar-refractivity contribution in [2.75, 3.05) is 5.75 Å². The number of aromatic nitrogens is 1. The van der Waals surface area contributed by atoms with Crippen LogP contribution in [0.25, 0.3) is 0 Å². The number of nitrogens with zero attached hydrogens (tertiary/aromatic N) is 1. The first kappa shape index (κ1) is 12.0. The van der Waals surface area contributed by atoms with Gasteiger partial charge in [0.2, 0.25) is 5.95 Å². The molecule has 0 bridgehead atoms. The van der Waals surface area contributed by atoms with Crippen LogP contribution < -0.4 is 0 Å². The molecule has 1 heterocycles. The third-order valence-corrected chi connectivity index (χ3v) is 2.28. The van der Waals surface area contributed by atoms with Crippen LogP contribution in [0, 0.1) is 17.8 Å². The van der Waals surface area contributed by atoms with Crippen LogP contribution in [0.1, 0.15) is 12.5 Å². The van der Waals surface area contributed by atoms with Gasteiger partial charge in [0.1, 0.15) is 0 Å². The third-order valence-electron chi connectivity index (χ3n) is 1.38. The van der Waals surface area contributed by atoms with Crippen LogP contribution >= 0.6 is 23.4 Å². The van der Waals surface area contributed by atoms with Crippen LogP contribution in [-0.2, 0) is 4.79 Å². The highest BCUT2D eigenvalue weighted by molar-refractivity contribution is 8.13. The summed E-state index contributed by atoms with van der Waals surface area (Å²) in [6, 6.07) is 1.40. The molecule has 5 heteroatoms. The molecule has 0 aliphatic rings. The van der Waals surface area contributed by atoms with Gasteiger partial charge in [-0.3, -0.25) is 4.79 Å². The van der Waals surface area contributed by atoms with Crippen molar-refractivity contribution in [3.63, 3.8) is 0 Å². The van der Waals surface area contributed by atoms with E-state index in [0.29, 0.717) is 10.8 Å². The summed E-state index contributed by atoms with van der Waals surface area (Å²) in [5.41, 5.74) is 0.145. The highest BCUT2D eigenvalue weighted by Gasteiger charge is 2.00. The summed E-state index contributed by atoms with van der Waals surface area (Å²) < 4.78 is 13.0. The van der Waals surface area contributed by atoms with Gasteiger partial charge in [-0.2, -0.15) is 4.39 Å². The van der Waals surface area contributed by atoms with Crippen LogP contribution in [0.15, 0.2) is 12.3 Å². The average Bonchev–Trinajstić information content (AvgIpc) is 2.17. The summed E-state index contributed by atoms with van der Waals surface area (Å²) in [4.78, 5) is 14.0. The first-order chi connectivity index (χ1) is 7.09. The van der Waals surface area contributed by atoms with Gasteiger partial charge in [0.25, 0.3) is 0 Å². The Morgan fingerprint density at radius 1 is 1.73 bits per heavy atom. The predicted molar refractivity (Wildman–Crippen MR) is 59.2 cm³/mol. The Hall–Kier alpha value is -1.05. The van der Waals surface area contributed by atoms with E-state index in [1.807, 2.05) is 0 Å². The molecular formula is C10H7ClFNOS. The molecule has 0 aliphatic heterocycles. The lowest BCUT2D eigenvalue weighted by Gasteiger charge is -1.93. The fourth-order valence-corrected chi connectivity index (χ4v) is 1.28. The van der Waals surface area contributed by atoms with Gasteiger partial charge in [-0.05, 0) is 6.07 Å². The van der Waals surface area contributed by atoms with Gasteiger partial charge in [-0.25, -0.2) is 4.98 Å². The maximum atomic E-state index is 13.0. The Bertz CT molecular complexity index is 439. The SMILES string of the molecule is CC(=O)SCC#Cc1cc(Cl)cnc1F. The Morgan fingerprint density at radius 2 is 2.47 bits per heavy atom. The van der Waals surface area contributed by atoms with Gasteiger partial charge >= 0.3 is 0 Å². The molecule has 0 aromatic carbocycles. The monoisotopic (exact) mass is 243 g/mol. The summed E-state index contributed by atoms with van der Waals surface area (Å²) in [5, 5.41) is 0.314. The zero-order chi connectivity index (χ0) is 11.3. The van der Waals surface area contributed by atoms with E-state index in [9.17, 15) is 9.18 Å². The minimum Gasteiger partial charge on any atom is -0.288 e. The zero-order valence-corrected chi connectivity index (χ0v) is 9.45. The van der Waals surface area contributed by atoms with E-state index in [-0.39, 0.29) is 10.7 Å². The molecule has 1 aromatic heterocycles. The minimum absolute atomic E-state index is 0.0195. The molecule has 0 radical (unpaired) electrons. The number of rotatable bonds is 1. The fraction of sp³-hybridized carbons (Fsp3) is 0.200. The van der Waals surface area contributed by atoms with Crippen LogP contribution in [0.3, 0.4) is 0 Å². The van der Waals surface area contributed by atoms with Crippen molar-refractivity contribution in [3.8, 4) is 11.8 Å². The smallest absolute Gasteiger partial charge is 0.228 e. The number of hydrogen-bond donors (Lipinski definition) is 0. The fourth-order valence-electron chi connectivity index (χ4n) is 0.779. The maximum Gasteiger partial charge on any atom is 0.228 e. The molecule has 1 aromatic rings. The maximum absolute atomic E-state index is 13.0. The van der Waals surface area contributed by atoms with Crippen molar-refractivity contribution in [2.24, 2.45) is 0 Å². The van der Waals surface area contributed by atoms with Crippen LogP contribution in [0.2, 0.25) is 5.02 Å².